The summed E-state index contributed by atoms with van der Waals surface area (Å²) in [7, 11) is 1.28. The van der Waals surface area contributed by atoms with E-state index in [0.29, 0.717) is 12.1 Å². The standard InChI is InChI=1S/C13H12F3N3O2/c1-21-11(20)4-7-6-17-10-3-2-8(5-9(7)10)12(18-19-12)13(14,15)16/h2-3,5,7,17H,4,6H2,1H3. The molecule has 0 saturated heterocycles. The number of alkyl halides is 3. The Balaban J connectivity index is 1.91. The minimum absolute atomic E-state index is 0.0210. The van der Waals surface area contributed by atoms with E-state index in [-0.39, 0.29) is 17.9 Å². The molecule has 1 N–H and O–H groups in total. The first-order chi connectivity index (χ1) is 9.87. The van der Waals surface area contributed by atoms with Gasteiger partial charge in [-0.1, -0.05) is 6.07 Å². The number of fused-ring (bicyclic) bond motifs is 1. The van der Waals surface area contributed by atoms with Gasteiger partial charge in [0.1, 0.15) is 0 Å². The van der Waals surface area contributed by atoms with Crippen molar-refractivity contribution in [3.05, 3.63) is 29.3 Å². The van der Waals surface area contributed by atoms with Crippen LogP contribution in [0.15, 0.2) is 28.4 Å². The highest BCUT2D eigenvalue weighted by atomic mass is 19.4. The predicted octanol–water partition coefficient (Wildman–Crippen LogP) is 2.94. The maximum absolute atomic E-state index is 13.0. The number of nitrogens with one attached hydrogen (secondary N) is 1. The molecule has 0 aliphatic carbocycles. The smallest absolute Gasteiger partial charge is 0.442 e. The number of halogens is 3. The van der Waals surface area contributed by atoms with Crippen molar-refractivity contribution < 1.29 is 22.7 Å². The van der Waals surface area contributed by atoms with Crippen LogP contribution in [0.3, 0.4) is 0 Å². The Morgan fingerprint density at radius 1 is 1.48 bits per heavy atom. The minimum atomic E-state index is -4.55. The Hall–Kier alpha value is -2.12. The third-order valence-electron chi connectivity index (χ3n) is 3.77. The van der Waals surface area contributed by atoms with Crippen LogP contribution >= 0.6 is 0 Å². The molecule has 1 atom stereocenters. The normalized spacial score (nSPS) is 21.6. The zero-order valence-electron chi connectivity index (χ0n) is 11.1. The fourth-order valence-corrected chi connectivity index (χ4v) is 2.53. The summed E-state index contributed by atoms with van der Waals surface area (Å²) in [6.45, 7) is 0.487. The van der Waals surface area contributed by atoms with Crippen LogP contribution in [0.1, 0.15) is 23.5 Å². The number of ether oxygens (including phenoxy) is 1. The van der Waals surface area contributed by atoms with Crippen molar-refractivity contribution in [2.75, 3.05) is 19.0 Å². The average molecular weight is 299 g/mol. The molecule has 0 radical (unpaired) electrons. The maximum Gasteiger partial charge on any atom is 0.442 e. The van der Waals surface area contributed by atoms with Gasteiger partial charge in [-0.25, -0.2) is 0 Å². The number of hydrogen-bond donors (Lipinski definition) is 1. The highest BCUT2D eigenvalue weighted by molar-refractivity contribution is 5.72. The molecule has 3 rings (SSSR count). The lowest BCUT2D eigenvalue weighted by Crippen LogP contribution is -2.30. The highest BCUT2D eigenvalue weighted by Gasteiger charge is 2.65. The maximum atomic E-state index is 13.0. The van der Waals surface area contributed by atoms with Crippen molar-refractivity contribution in [3.63, 3.8) is 0 Å². The van der Waals surface area contributed by atoms with E-state index in [4.69, 9.17) is 0 Å². The van der Waals surface area contributed by atoms with Crippen LogP contribution in [-0.4, -0.2) is 25.8 Å². The first-order valence-corrected chi connectivity index (χ1v) is 6.33. The average Bonchev–Trinajstić information content (AvgIpc) is 3.17. The molecule has 0 amide bonds. The van der Waals surface area contributed by atoms with Crippen LogP contribution in [0.2, 0.25) is 0 Å². The Kier molecular flexibility index (Phi) is 2.93. The van der Waals surface area contributed by atoms with Crippen LogP contribution in [0.5, 0.6) is 0 Å². The quantitative estimate of drug-likeness (QED) is 0.873. The van der Waals surface area contributed by atoms with Gasteiger partial charge in [0, 0.05) is 23.7 Å². The summed E-state index contributed by atoms with van der Waals surface area (Å²) in [5, 5.41) is 9.45. The molecular formula is C13H12F3N3O2. The van der Waals surface area contributed by atoms with Crippen molar-refractivity contribution in [1.29, 1.82) is 0 Å². The van der Waals surface area contributed by atoms with Gasteiger partial charge in [0.05, 0.1) is 13.5 Å². The summed E-state index contributed by atoms with van der Waals surface area (Å²) in [5.41, 5.74) is -1.06. The molecule has 0 fully saturated rings. The number of hydrogen-bond acceptors (Lipinski definition) is 5. The van der Waals surface area contributed by atoms with Crippen LogP contribution < -0.4 is 5.32 Å². The third kappa shape index (κ3) is 2.14. The minimum Gasteiger partial charge on any atom is -0.469 e. The topological polar surface area (TPSA) is 63.0 Å². The molecule has 1 aromatic carbocycles. The summed E-state index contributed by atoms with van der Waals surface area (Å²) in [6.07, 6.45) is -4.43. The van der Waals surface area contributed by atoms with Crippen molar-refractivity contribution in [1.82, 2.24) is 0 Å². The molecular weight excluding hydrogens is 287 g/mol. The van der Waals surface area contributed by atoms with Crippen LogP contribution in [-0.2, 0) is 15.2 Å². The zero-order chi connectivity index (χ0) is 15.3. The van der Waals surface area contributed by atoms with Crippen molar-refractivity contribution in [3.8, 4) is 0 Å². The first kappa shape index (κ1) is 13.8. The van der Waals surface area contributed by atoms with Crippen molar-refractivity contribution >= 4 is 11.7 Å². The number of methoxy groups -OCH3 is 1. The summed E-state index contributed by atoms with van der Waals surface area (Å²) in [5.74, 6) is -0.609. The van der Waals surface area contributed by atoms with Crippen LogP contribution in [0.25, 0.3) is 0 Å². The van der Waals surface area contributed by atoms with Gasteiger partial charge >= 0.3 is 17.8 Å². The lowest BCUT2D eigenvalue weighted by Gasteiger charge is -2.16. The summed E-state index contributed by atoms with van der Waals surface area (Å²) >= 11 is 0. The van der Waals surface area contributed by atoms with Gasteiger partial charge in [0.2, 0.25) is 0 Å². The number of rotatable bonds is 3. The Bertz CT molecular complexity index is 622. The number of anilines is 1. The fourth-order valence-electron chi connectivity index (χ4n) is 2.53. The molecule has 0 bridgehead atoms. The van der Waals surface area contributed by atoms with E-state index in [1.165, 1.54) is 19.2 Å². The summed E-state index contributed by atoms with van der Waals surface area (Å²) < 4.78 is 43.7. The molecule has 112 valence electrons. The molecule has 0 aromatic heterocycles. The van der Waals surface area contributed by atoms with Gasteiger partial charge in [-0.15, -0.1) is 10.2 Å². The molecule has 1 aromatic rings. The van der Waals surface area contributed by atoms with E-state index in [9.17, 15) is 18.0 Å². The monoisotopic (exact) mass is 299 g/mol. The second-order valence-electron chi connectivity index (χ2n) is 5.03. The molecule has 0 spiro atoms. The molecule has 2 aliphatic rings. The Labute approximate surface area is 118 Å². The van der Waals surface area contributed by atoms with E-state index in [0.717, 1.165) is 5.69 Å². The van der Waals surface area contributed by atoms with E-state index < -0.39 is 17.8 Å². The van der Waals surface area contributed by atoms with Crippen molar-refractivity contribution in [2.24, 2.45) is 10.2 Å². The molecule has 8 heteroatoms. The number of esters is 1. The van der Waals surface area contributed by atoms with E-state index in [2.05, 4.69) is 20.3 Å². The Morgan fingerprint density at radius 3 is 2.76 bits per heavy atom. The van der Waals surface area contributed by atoms with Gasteiger partial charge < -0.3 is 10.1 Å². The molecule has 21 heavy (non-hydrogen) atoms. The first-order valence-electron chi connectivity index (χ1n) is 6.33. The van der Waals surface area contributed by atoms with E-state index >= 15 is 0 Å². The van der Waals surface area contributed by atoms with Gasteiger partial charge in [0.15, 0.2) is 0 Å². The summed E-state index contributed by atoms with van der Waals surface area (Å²) in [4.78, 5) is 11.4. The number of carbonyl (C=O) groups excluding carboxylic acids is 1. The largest absolute Gasteiger partial charge is 0.469 e. The van der Waals surface area contributed by atoms with Gasteiger partial charge in [-0.3, -0.25) is 4.79 Å². The Morgan fingerprint density at radius 2 is 2.19 bits per heavy atom. The number of nitrogens with zero attached hydrogens (tertiary/aromatic N) is 2. The van der Waals surface area contributed by atoms with Crippen LogP contribution in [0.4, 0.5) is 18.9 Å². The van der Waals surface area contributed by atoms with E-state index in [1.54, 1.807) is 6.07 Å². The molecule has 5 nitrogen and oxygen atoms in total. The second-order valence-corrected chi connectivity index (χ2v) is 5.03. The fraction of sp³-hybridized carbons (Fsp3) is 0.462. The number of benzene rings is 1. The molecule has 0 saturated carbocycles. The van der Waals surface area contributed by atoms with Crippen LogP contribution in [0, 0.1) is 0 Å². The lowest BCUT2D eigenvalue weighted by atomic mass is 9.93. The molecule has 1 unspecified atom stereocenters. The van der Waals surface area contributed by atoms with Crippen molar-refractivity contribution in [2.45, 2.75) is 24.2 Å². The van der Waals surface area contributed by atoms with Gasteiger partial charge in [-0.2, -0.15) is 13.2 Å². The third-order valence-corrected chi connectivity index (χ3v) is 3.77. The molecule has 2 heterocycles. The second kappa shape index (κ2) is 4.44. The zero-order valence-corrected chi connectivity index (χ0v) is 11.1. The lowest BCUT2D eigenvalue weighted by molar-refractivity contribution is -0.166. The molecule has 2 aliphatic heterocycles. The predicted molar refractivity (Wildman–Crippen MR) is 66.9 cm³/mol. The highest BCUT2D eigenvalue weighted by Crippen LogP contribution is 2.53. The SMILES string of the molecule is COC(=O)CC1CNc2ccc(C3(C(F)(F)F)N=N3)cc21. The van der Waals surface area contributed by atoms with Gasteiger partial charge in [0.25, 0.3) is 0 Å². The number of carbonyl (C=O) groups is 1. The summed E-state index contributed by atoms with van der Waals surface area (Å²) in [6, 6.07) is 4.36. The van der Waals surface area contributed by atoms with E-state index in [1.807, 2.05) is 0 Å². The van der Waals surface area contributed by atoms with Gasteiger partial charge in [-0.05, 0) is 17.7 Å².